The van der Waals surface area contributed by atoms with Gasteiger partial charge in [0.15, 0.2) is 11.5 Å². The molecule has 7 nitrogen and oxygen atoms in total. The molecule has 9 heteroatoms. The van der Waals surface area contributed by atoms with E-state index in [2.05, 4.69) is 15.9 Å². The van der Waals surface area contributed by atoms with Gasteiger partial charge in [-0.15, -0.1) is 0 Å². The number of methoxy groups -OCH3 is 1. The summed E-state index contributed by atoms with van der Waals surface area (Å²) in [7, 11) is 1.55. The lowest BCUT2D eigenvalue weighted by atomic mass is 10.1. The Balaban J connectivity index is 1.42. The van der Waals surface area contributed by atoms with Crippen molar-refractivity contribution in [3.05, 3.63) is 63.0 Å². The van der Waals surface area contributed by atoms with Gasteiger partial charge in [0.1, 0.15) is 13.2 Å². The highest BCUT2D eigenvalue weighted by Gasteiger charge is 2.37. The summed E-state index contributed by atoms with van der Waals surface area (Å²) in [5, 5.41) is -0.425. The highest BCUT2D eigenvalue weighted by molar-refractivity contribution is 9.10. The van der Waals surface area contributed by atoms with Crippen LogP contribution in [0.1, 0.15) is 36.8 Å². The standard InChI is InChI=1S/C26H27BrN2O5S/c1-33-22-14-19(8-11-21(22)34-17-18-6-9-20(27)10-7-18)15-23-25(31)29(26(32)35-23)16-24(30)28-12-4-2-3-5-13-28/h6-11,14-15H,2-5,12-13,16-17H2,1H3. The number of halogens is 1. The average molecular weight is 559 g/mol. The number of rotatable bonds is 7. The molecule has 0 unspecified atom stereocenters. The molecule has 2 aromatic carbocycles. The van der Waals surface area contributed by atoms with Gasteiger partial charge >= 0.3 is 0 Å². The fourth-order valence-electron chi connectivity index (χ4n) is 3.98. The Morgan fingerprint density at radius 2 is 1.74 bits per heavy atom. The van der Waals surface area contributed by atoms with E-state index in [1.807, 2.05) is 24.3 Å². The highest BCUT2D eigenvalue weighted by atomic mass is 79.9. The lowest BCUT2D eigenvalue weighted by Crippen LogP contribution is -2.42. The van der Waals surface area contributed by atoms with Crippen molar-refractivity contribution in [2.45, 2.75) is 32.3 Å². The van der Waals surface area contributed by atoms with Gasteiger partial charge in [-0.2, -0.15) is 0 Å². The summed E-state index contributed by atoms with van der Waals surface area (Å²) >= 11 is 4.26. The Labute approximate surface area is 217 Å². The van der Waals surface area contributed by atoms with E-state index in [4.69, 9.17) is 9.47 Å². The van der Waals surface area contributed by atoms with Crippen LogP contribution in [0.2, 0.25) is 0 Å². The summed E-state index contributed by atoms with van der Waals surface area (Å²) in [6.07, 6.45) is 5.76. The maximum absolute atomic E-state index is 12.9. The number of ether oxygens (including phenoxy) is 2. The third kappa shape index (κ3) is 6.46. The molecule has 184 valence electrons. The van der Waals surface area contributed by atoms with Crippen molar-refractivity contribution < 1.29 is 23.9 Å². The second-order valence-electron chi connectivity index (χ2n) is 8.39. The first-order valence-corrected chi connectivity index (χ1v) is 13.1. The molecule has 2 aromatic rings. The quantitative estimate of drug-likeness (QED) is 0.419. The van der Waals surface area contributed by atoms with E-state index in [0.717, 1.165) is 52.4 Å². The molecule has 0 aromatic heterocycles. The molecule has 0 radical (unpaired) electrons. The van der Waals surface area contributed by atoms with E-state index in [9.17, 15) is 14.4 Å². The summed E-state index contributed by atoms with van der Waals surface area (Å²) in [4.78, 5) is 41.2. The van der Waals surface area contributed by atoms with Crippen molar-refractivity contribution >= 4 is 50.8 Å². The molecule has 2 aliphatic rings. The van der Waals surface area contributed by atoms with Crippen molar-refractivity contribution in [3.63, 3.8) is 0 Å². The number of nitrogens with zero attached hydrogens (tertiary/aromatic N) is 2. The summed E-state index contributed by atoms with van der Waals surface area (Å²) in [6.45, 7) is 1.53. The number of thioether (sulfide) groups is 1. The molecule has 2 aliphatic heterocycles. The van der Waals surface area contributed by atoms with Gasteiger partial charge < -0.3 is 14.4 Å². The predicted octanol–water partition coefficient (Wildman–Crippen LogP) is 5.48. The van der Waals surface area contributed by atoms with Crippen LogP contribution in [0.25, 0.3) is 6.08 Å². The van der Waals surface area contributed by atoms with E-state index in [1.165, 1.54) is 0 Å². The van der Waals surface area contributed by atoms with Crippen LogP contribution in [0.15, 0.2) is 51.8 Å². The van der Waals surface area contributed by atoms with Crippen molar-refractivity contribution in [1.29, 1.82) is 0 Å². The van der Waals surface area contributed by atoms with Gasteiger partial charge in [-0.1, -0.05) is 47.0 Å². The number of hydrogen-bond donors (Lipinski definition) is 0. The summed E-state index contributed by atoms with van der Waals surface area (Å²) < 4.78 is 12.4. The molecule has 0 spiro atoms. The van der Waals surface area contributed by atoms with E-state index < -0.39 is 11.1 Å². The fourth-order valence-corrected chi connectivity index (χ4v) is 5.08. The largest absolute Gasteiger partial charge is 0.493 e. The molecule has 0 aliphatic carbocycles. The van der Waals surface area contributed by atoms with Crippen LogP contribution < -0.4 is 9.47 Å². The second-order valence-corrected chi connectivity index (χ2v) is 10.3. The molecule has 2 heterocycles. The zero-order valence-electron chi connectivity index (χ0n) is 19.5. The molecule has 0 saturated carbocycles. The van der Waals surface area contributed by atoms with E-state index in [0.29, 0.717) is 36.8 Å². The average Bonchev–Trinajstić information content (AvgIpc) is 3.05. The molecule has 0 atom stereocenters. The van der Waals surface area contributed by atoms with Crippen molar-refractivity contribution in [1.82, 2.24) is 9.80 Å². The maximum atomic E-state index is 12.9. The number of carbonyl (C=O) groups excluding carboxylic acids is 3. The van der Waals surface area contributed by atoms with Crippen LogP contribution in [-0.4, -0.2) is 53.6 Å². The van der Waals surface area contributed by atoms with Gasteiger partial charge in [0, 0.05) is 17.6 Å². The SMILES string of the molecule is COc1cc(C=C2SC(=O)N(CC(=O)N3CCCCCC3)C2=O)ccc1OCc1ccc(Br)cc1. The molecule has 3 amide bonds. The zero-order chi connectivity index (χ0) is 24.8. The van der Waals surface area contributed by atoms with Gasteiger partial charge in [0.2, 0.25) is 5.91 Å². The minimum atomic E-state index is -0.447. The Morgan fingerprint density at radius 3 is 2.43 bits per heavy atom. The summed E-state index contributed by atoms with van der Waals surface area (Å²) in [5.41, 5.74) is 1.71. The first-order valence-electron chi connectivity index (χ1n) is 11.5. The van der Waals surface area contributed by atoms with Crippen molar-refractivity contribution in [2.24, 2.45) is 0 Å². The van der Waals surface area contributed by atoms with Gasteiger partial charge in [-0.25, -0.2) is 0 Å². The second kappa shape index (κ2) is 11.8. The van der Waals surface area contributed by atoms with Gasteiger partial charge in [0.25, 0.3) is 11.1 Å². The monoisotopic (exact) mass is 558 g/mol. The summed E-state index contributed by atoms with van der Waals surface area (Å²) in [5.74, 6) is 0.470. The molecule has 0 bridgehead atoms. The van der Waals surface area contributed by atoms with Crippen LogP contribution in [0.3, 0.4) is 0 Å². The highest BCUT2D eigenvalue weighted by Crippen LogP contribution is 2.35. The smallest absolute Gasteiger partial charge is 0.294 e. The lowest BCUT2D eigenvalue weighted by molar-refractivity contribution is -0.135. The summed E-state index contributed by atoms with van der Waals surface area (Å²) in [6, 6.07) is 13.2. The number of amides is 3. The van der Waals surface area contributed by atoms with Crippen LogP contribution in [0, 0.1) is 0 Å². The third-order valence-electron chi connectivity index (χ3n) is 5.92. The van der Waals surface area contributed by atoms with Crippen LogP contribution in [0.4, 0.5) is 4.79 Å². The van der Waals surface area contributed by atoms with E-state index in [1.54, 1.807) is 36.3 Å². The molecular formula is C26H27BrN2O5S. The lowest BCUT2D eigenvalue weighted by Gasteiger charge is -2.22. The van der Waals surface area contributed by atoms with Crippen LogP contribution >= 0.6 is 27.7 Å². The Bertz CT molecular complexity index is 1130. The zero-order valence-corrected chi connectivity index (χ0v) is 21.9. The predicted molar refractivity (Wildman–Crippen MR) is 139 cm³/mol. The molecule has 4 rings (SSSR count). The minimum absolute atomic E-state index is 0.176. The van der Waals surface area contributed by atoms with Gasteiger partial charge in [-0.3, -0.25) is 19.3 Å². The number of hydrogen-bond acceptors (Lipinski definition) is 6. The minimum Gasteiger partial charge on any atom is -0.493 e. The molecule has 35 heavy (non-hydrogen) atoms. The normalized spacial score (nSPS) is 17.6. The van der Waals surface area contributed by atoms with Gasteiger partial charge in [-0.05, 0) is 66.1 Å². The van der Waals surface area contributed by atoms with Gasteiger partial charge in [0.05, 0.1) is 12.0 Å². The first-order chi connectivity index (χ1) is 16.9. The maximum Gasteiger partial charge on any atom is 0.294 e. The third-order valence-corrected chi connectivity index (χ3v) is 7.35. The Hall–Kier alpha value is -2.78. The molecule has 2 saturated heterocycles. The number of carbonyl (C=O) groups is 3. The topological polar surface area (TPSA) is 76.2 Å². The van der Waals surface area contributed by atoms with E-state index >= 15 is 0 Å². The first kappa shape index (κ1) is 25.3. The number of benzene rings is 2. The molecule has 0 N–H and O–H groups in total. The Kier molecular flexibility index (Phi) is 8.51. The van der Waals surface area contributed by atoms with Crippen molar-refractivity contribution in [2.75, 3.05) is 26.7 Å². The molecular weight excluding hydrogens is 532 g/mol. The molecule has 2 fully saturated rings. The van der Waals surface area contributed by atoms with Crippen LogP contribution in [-0.2, 0) is 16.2 Å². The van der Waals surface area contributed by atoms with Crippen molar-refractivity contribution in [3.8, 4) is 11.5 Å². The Morgan fingerprint density at radius 1 is 1.03 bits per heavy atom. The van der Waals surface area contributed by atoms with E-state index in [-0.39, 0.29) is 17.4 Å². The number of imide groups is 1. The fraction of sp³-hybridized carbons (Fsp3) is 0.346. The van der Waals surface area contributed by atoms with Crippen LogP contribution in [0.5, 0.6) is 11.5 Å². The number of likely N-dealkylation sites (tertiary alicyclic amines) is 1.